The molecule has 1 unspecified atom stereocenters. The van der Waals surface area contributed by atoms with Crippen LogP contribution in [0, 0.1) is 5.41 Å². The molecule has 226 valence electrons. The summed E-state index contributed by atoms with van der Waals surface area (Å²) < 4.78 is 41.9. The Morgan fingerprint density at radius 1 is 1.10 bits per heavy atom. The van der Waals surface area contributed by atoms with Crippen molar-refractivity contribution in [2.75, 3.05) is 27.8 Å². The third-order valence-corrected chi connectivity index (χ3v) is 10.8. The highest BCUT2D eigenvalue weighted by atomic mass is 79.9. The van der Waals surface area contributed by atoms with Crippen molar-refractivity contribution in [2.24, 2.45) is 5.41 Å². The number of halogens is 1. The molecule has 2 fully saturated rings. The Hall–Kier alpha value is -2.89. The maximum atomic E-state index is 13.6. The lowest BCUT2D eigenvalue weighted by Gasteiger charge is -2.21. The first-order chi connectivity index (χ1) is 20.0. The van der Waals surface area contributed by atoms with Gasteiger partial charge in [-0.05, 0) is 73.6 Å². The van der Waals surface area contributed by atoms with Crippen molar-refractivity contribution in [2.45, 2.75) is 63.8 Å². The summed E-state index contributed by atoms with van der Waals surface area (Å²) in [6.45, 7) is 2.45. The van der Waals surface area contributed by atoms with E-state index < -0.39 is 21.5 Å². The van der Waals surface area contributed by atoms with Crippen LogP contribution < -0.4 is 9.46 Å². The van der Waals surface area contributed by atoms with Crippen molar-refractivity contribution in [1.82, 2.24) is 13.6 Å². The number of nitrogens with zero attached hydrogens (tertiary/aromatic N) is 2. The lowest BCUT2D eigenvalue weighted by atomic mass is 9.84. The van der Waals surface area contributed by atoms with Gasteiger partial charge >= 0.3 is 16.2 Å². The van der Waals surface area contributed by atoms with Crippen LogP contribution in [0.2, 0.25) is 0 Å². The second-order valence-corrected chi connectivity index (χ2v) is 14.3. The van der Waals surface area contributed by atoms with Crippen molar-refractivity contribution in [3.63, 3.8) is 0 Å². The van der Waals surface area contributed by atoms with Gasteiger partial charge in [0, 0.05) is 53.7 Å². The molecule has 3 aromatic rings. The number of aromatic nitrogens is 1. The highest BCUT2D eigenvalue weighted by Crippen LogP contribution is 2.63. The summed E-state index contributed by atoms with van der Waals surface area (Å²) in [6.07, 6.45) is 8.48. The molecule has 0 spiro atoms. The van der Waals surface area contributed by atoms with E-state index in [1.165, 1.54) is 38.9 Å². The summed E-state index contributed by atoms with van der Waals surface area (Å²) in [5, 5.41) is 1.02. The molecule has 9 nitrogen and oxygen atoms in total. The van der Waals surface area contributed by atoms with Crippen LogP contribution >= 0.6 is 15.9 Å². The van der Waals surface area contributed by atoms with Crippen molar-refractivity contribution in [3.05, 3.63) is 63.8 Å². The maximum absolute atomic E-state index is 13.6. The van der Waals surface area contributed by atoms with E-state index in [9.17, 15) is 18.0 Å². The highest BCUT2D eigenvalue weighted by Gasteiger charge is 2.62. The number of rotatable bonds is 10. The fourth-order valence-electron chi connectivity index (χ4n) is 6.27. The summed E-state index contributed by atoms with van der Waals surface area (Å²) in [7, 11) is 0.392. The fourth-order valence-corrected chi connectivity index (χ4v) is 7.33. The first-order valence-corrected chi connectivity index (χ1v) is 16.6. The SMILES string of the molecule is CCOC(=O)[C@]1(Cn2cc(C3CCCCC3)c3ccc(C(=O)NS(=O)(=O)N(C)C)cc32)CC1c1cc(OC)ccc1Br. The molecular formula is C31H38BrN3O6S. The van der Waals surface area contributed by atoms with Gasteiger partial charge in [-0.1, -0.05) is 41.3 Å². The number of ether oxygens (including phenoxy) is 2. The van der Waals surface area contributed by atoms with E-state index in [0.29, 0.717) is 24.6 Å². The highest BCUT2D eigenvalue weighted by molar-refractivity contribution is 9.10. The monoisotopic (exact) mass is 659 g/mol. The van der Waals surface area contributed by atoms with Gasteiger partial charge < -0.3 is 14.0 Å². The number of carbonyl (C=O) groups excluding carboxylic acids is 2. The molecule has 1 heterocycles. The Kier molecular flexibility index (Phi) is 8.74. The van der Waals surface area contributed by atoms with Gasteiger partial charge in [0.15, 0.2) is 0 Å². The molecule has 1 amide bonds. The van der Waals surface area contributed by atoms with E-state index in [1.54, 1.807) is 19.2 Å². The molecule has 0 saturated heterocycles. The van der Waals surface area contributed by atoms with Gasteiger partial charge in [0.2, 0.25) is 0 Å². The zero-order chi connectivity index (χ0) is 30.2. The van der Waals surface area contributed by atoms with Gasteiger partial charge in [0.25, 0.3) is 5.91 Å². The van der Waals surface area contributed by atoms with Crippen LogP contribution in [0.1, 0.15) is 78.8 Å². The Morgan fingerprint density at radius 3 is 2.50 bits per heavy atom. The van der Waals surface area contributed by atoms with Crippen molar-refractivity contribution in [3.8, 4) is 5.75 Å². The van der Waals surface area contributed by atoms with Crippen molar-refractivity contribution >= 4 is 48.9 Å². The molecule has 11 heteroatoms. The van der Waals surface area contributed by atoms with Crippen LogP contribution in [-0.2, 0) is 26.3 Å². The summed E-state index contributed by atoms with van der Waals surface area (Å²) in [4.78, 5) is 26.6. The molecule has 2 atom stereocenters. The summed E-state index contributed by atoms with van der Waals surface area (Å²) in [6, 6.07) is 11.1. The smallest absolute Gasteiger partial charge is 0.314 e. The molecule has 5 rings (SSSR count). The number of fused-ring (bicyclic) bond motifs is 1. The van der Waals surface area contributed by atoms with Crippen molar-refractivity contribution < 1.29 is 27.5 Å². The fraction of sp³-hybridized carbons (Fsp3) is 0.484. The minimum absolute atomic E-state index is 0.0895. The molecule has 0 aliphatic heterocycles. The predicted molar refractivity (Wildman–Crippen MR) is 165 cm³/mol. The van der Waals surface area contributed by atoms with Crippen LogP contribution in [0.25, 0.3) is 10.9 Å². The van der Waals surface area contributed by atoms with Gasteiger partial charge in [0.05, 0.1) is 19.1 Å². The van der Waals surface area contributed by atoms with Crippen LogP contribution in [0.4, 0.5) is 0 Å². The van der Waals surface area contributed by atoms with Gasteiger partial charge in [0.1, 0.15) is 5.75 Å². The van der Waals surface area contributed by atoms with Gasteiger partial charge in [-0.25, -0.2) is 4.72 Å². The Morgan fingerprint density at radius 2 is 1.83 bits per heavy atom. The Balaban J connectivity index is 1.58. The molecule has 0 bridgehead atoms. The molecule has 2 aromatic carbocycles. The number of amides is 1. The zero-order valence-electron chi connectivity index (χ0n) is 24.5. The lowest BCUT2D eigenvalue weighted by molar-refractivity contribution is -0.150. The van der Waals surface area contributed by atoms with E-state index >= 15 is 0 Å². The first kappa shape index (κ1) is 30.6. The lowest BCUT2D eigenvalue weighted by Crippen LogP contribution is -2.39. The Bertz CT molecular complexity index is 1610. The number of nitrogens with one attached hydrogen (secondary N) is 1. The molecule has 1 aromatic heterocycles. The van der Waals surface area contributed by atoms with E-state index in [0.717, 1.165) is 38.1 Å². The predicted octanol–water partition coefficient (Wildman–Crippen LogP) is 5.73. The molecule has 2 aliphatic rings. The number of benzene rings is 2. The van der Waals surface area contributed by atoms with Gasteiger partial charge in [-0.3, -0.25) is 9.59 Å². The largest absolute Gasteiger partial charge is 0.497 e. The summed E-state index contributed by atoms with van der Waals surface area (Å²) in [5.41, 5.74) is 2.42. The summed E-state index contributed by atoms with van der Waals surface area (Å²) >= 11 is 3.67. The van der Waals surface area contributed by atoms with Gasteiger partial charge in [-0.2, -0.15) is 12.7 Å². The molecule has 2 aliphatic carbocycles. The van der Waals surface area contributed by atoms with Crippen LogP contribution in [0.15, 0.2) is 47.1 Å². The molecule has 2 saturated carbocycles. The second kappa shape index (κ2) is 12.0. The van der Waals surface area contributed by atoms with Crippen LogP contribution in [0.5, 0.6) is 5.75 Å². The second-order valence-electron chi connectivity index (χ2n) is 11.5. The average Bonchev–Trinajstić information content (AvgIpc) is 3.59. The number of esters is 1. The van der Waals surface area contributed by atoms with E-state index in [4.69, 9.17) is 9.47 Å². The van der Waals surface area contributed by atoms with Crippen LogP contribution in [0.3, 0.4) is 0 Å². The van der Waals surface area contributed by atoms with E-state index in [-0.39, 0.29) is 24.1 Å². The standard InChI is InChI=1S/C31H38BrN3O6S/c1-5-41-30(37)31(17-26(31)24-16-22(40-4)12-14-27(24)32)19-35-18-25(20-9-7-6-8-10-20)23-13-11-21(15-28(23)35)29(36)33-42(38,39)34(2)3/h11-16,18,20,26H,5-10,17,19H2,1-4H3,(H,33,36)/t26?,31-/m0/s1. The third kappa shape index (κ3) is 5.83. The van der Waals surface area contributed by atoms with E-state index in [1.807, 2.05) is 31.2 Å². The molecule has 42 heavy (non-hydrogen) atoms. The number of methoxy groups -OCH3 is 1. The van der Waals surface area contributed by atoms with Crippen LogP contribution in [-0.4, -0.2) is 57.0 Å². The summed E-state index contributed by atoms with van der Waals surface area (Å²) in [5.74, 6) is 0.0527. The first-order valence-electron chi connectivity index (χ1n) is 14.4. The van der Waals surface area contributed by atoms with Gasteiger partial charge in [-0.15, -0.1) is 0 Å². The number of hydrogen-bond donors (Lipinski definition) is 1. The molecular weight excluding hydrogens is 622 g/mol. The Labute approximate surface area is 255 Å². The molecule has 1 N–H and O–H groups in total. The molecule has 0 radical (unpaired) electrons. The normalized spacial score (nSPS) is 21.0. The number of carbonyl (C=O) groups is 2. The topological polar surface area (TPSA) is 107 Å². The zero-order valence-corrected chi connectivity index (χ0v) is 26.9. The van der Waals surface area contributed by atoms with E-state index in [2.05, 4.69) is 31.4 Å². The average molecular weight is 661 g/mol. The minimum Gasteiger partial charge on any atom is -0.497 e. The number of hydrogen-bond acceptors (Lipinski definition) is 6. The minimum atomic E-state index is -3.95. The quantitative estimate of drug-likeness (QED) is 0.279. The van der Waals surface area contributed by atoms with Crippen molar-refractivity contribution in [1.29, 1.82) is 0 Å². The maximum Gasteiger partial charge on any atom is 0.314 e. The third-order valence-electron chi connectivity index (χ3n) is 8.71.